The Morgan fingerprint density at radius 2 is 2.06 bits per heavy atom. The van der Waals surface area contributed by atoms with Crippen molar-refractivity contribution in [2.24, 2.45) is 0 Å². The number of hydrogen-bond acceptors (Lipinski definition) is 3. The second-order valence-corrected chi connectivity index (χ2v) is 4.93. The lowest BCUT2D eigenvalue weighted by Crippen LogP contribution is -2.30. The molecule has 1 N–H and O–H groups in total. The third-order valence-electron chi connectivity index (χ3n) is 2.50. The van der Waals surface area contributed by atoms with Gasteiger partial charge in [0, 0.05) is 17.1 Å². The summed E-state index contributed by atoms with van der Waals surface area (Å²) in [5.74, 6) is -0.173. The van der Waals surface area contributed by atoms with Crippen molar-refractivity contribution in [1.29, 1.82) is 0 Å². The summed E-state index contributed by atoms with van der Waals surface area (Å²) in [6.45, 7) is 2.77. The summed E-state index contributed by atoms with van der Waals surface area (Å²) in [5.41, 5.74) is 1.28. The minimum Gasteiger partial charge on any atom is -0.469 e. The summed E-state index contributed by atoms with van der Waals surface area (Å²) in [4.78, 5) is 10.9. The minimum absolute atomic E-state index is 0.173. The number of nitrogens with one attached hydrogen (secondary N) is 1. The van der Waals surface area contributed by atoms with Crippen molar-refractivity contribution in [1.82, 2.24) is 5.32 Å². The molecule has 1 aromatic rings. The Bertz CT molecular complexity index is 351. The molecule has 4 heteroatoms. The highest BCUT2D eigenvalue weighted by molar-refractivity contribution is 9.10. The third kappa shape index (κ3) is 5.84. The van der Waals surface area contributed by atoms with Crippen molar-refractivity contribution in [2.45, 2.75) is 25.8 Å². The molecule has 0 bridgehead atoms. The molecule has 0 aliphatic heterocycles. The highest BCUT2D eigenvalue weighted by Crippen LogP contribution is 2.11. The molecule has 17 heavy (non-hydrogen) atoms. The zero-order chi connectivity index (χ0) is 12.7. The van der Waals surface area contributed by atoms with Crippen LogP contribution in [-0.4, -0.2) is 25.7 Å². The van der Waals surface area contributed by atoms with Crippen LogP contribution in [0.5, 0.6) is 0 Å². The molecule has 1 atom stereocenters. The molecule has 0 fully saturated rings. The monoisotopic (exact) mass is 299 g/mol. The van der Waals surface area contributed by atoms with Crippen molar-refractivity contribution in [3.05, 3.63) is 34.3 Å². The number of hydrogen-bond donors (Lipinski definition) is 1. The Kier molecular flexibility index (Phi) is 6.22. The van der Waals surface area contributed by atoms with E-state index in [9.17, 15) is 4.79 Å². The number of carbonyl (C=O) groups is 1. The van der Waals surface area contributed by atoms with Crippen LogP contribution in [0, 0.1) is 0 Å². The average Bonchev–Trinajstić information content (AvgIpc) is 2.32. The van der Waals surface area contributed by atoms with Crippen molar-refractivity contribution in [3.63, 3.8) is 0 Å². The standard InChI is InChI=1S/C13H18BrNO2/c1-10(15-8-7-13(16)17-2)9-11-3-5-12(14)6-4-11/h3-6,10,15H,7-9H2,1-2H3. The Balaban J connectivity index is 2.27. The quantitative estimate of drug-likeness (QED) is 0.821. The fourth-order valence-corrected chi connectivity index (χ4v) is 1.83. The molecular formula is C13H18BrNO2. The van der Waals surface area contributed by atoms with Gasteiger partial charge >= 0.3 is 5.97 Å². The number of esters is 1. The van der Waals surface area contributed by atoms with E-state index in [0.717, 1.165) is 10.9 Å². The summed E-state index contributed by atoms with van der Waals surface area (Å²) in [6, 6.07) is 8.62. The summed E-state index contributed by atoms with van der Waals surface area (Å²) in [7, 11) is 1.41. The van der Waals surface area contributed by atoms with Crippen LogP contribution in [0.3, 0.4) is 0 Å². The Labute approximate surface area is 111 Å². The van der Waals surface area contributed by atoms with E-state index in [2.05, 4.69) is 45.0 Å². The lowest BCUT2D eigenvalue weighted by atomic mass is 10.1. The van der Waals surface area contributed by atoms with Gasteiger partial charge < -0.3 is 10.1 Å². The van der Waals surface area contributed by atoms with Gasteiger partial charge in [-0.3, -0.25) is 4.79 Å². The van der Waals surface area contributed by atoms with Gasteiger partial charge in [-0.05, 0) is 31.0 Å². The minimum atomic E-state index is -0.173. The smallest absolute Gasteiger partial charge is 0.306 e. The van der Waals surface area contributed by atoms with Gasteiger partial charge in [0.2, 0.25) is 0 Å². The molecule has 0 saturated heterocycles. The molecule has 1 unspecified atom stereocenters. The lowest BCUT2D eigenvalue weighted by molar-refractivity contribution is -0.140. The van der Waals surface area contributed by atoms with Crippen molar-refractivity contribution in [2.75, 3.05) is 13.7 Å². The first-order chi connectivity index (χ1) is 8.11. The molecule has 0 radical (unpaired) electrons. The second kappa shape index (κ2) is 7.45. The van der Waals surface area contributed by atoms with Crippen molar-refractivity contribution >= 4 is 21.9 Å². The van der Waals surface area contributed by atoms with Crippen LogP contribution in [0.1, 0.15) is 18.9 Å². The van der Waals surface area contributed by atoms with Crippen molar-refractivity contribution < 1.29 is 9.53 Å². The predicted molar refractivity (Wildman–Crippen MR) is 71.9 cm³/mol. The van der Waals surface area contributed by atoms with Crippen LogP contribution < -0.4 is 5.32 Å². The van der Waals surface area contributed by atoms with E-state index in [0.29, 0.717) is 19.0 Å². The van der Waals surface area contributed by atoms with Gasteiger partial charge in [0.25, 0.3) is 0 Å². The van der Waals surface area contributed by atoms with E-state index >= 15 is 0 Å². The van der Waals surface area contributed by atoms with E-state index in [1.807, 2.05) is 12.1 Å². The topological polar surface area (TPSA) is 38.3 Å². The molecule has 0 saturated carbocycles. The van der Waals surface area contributed by atoms with Gasteiger partial charge in [0.15, 0.2) is 0 Å². The molecule has 0 aromatic heterocycles. The summed E-state index contributed by atoms with van der Waals surface area (Å²) < 4.78 is 5.67. The Hall–Kier alpha value is -0.870. The molecule has 1 rings (SSSR count). The maximum absolute atomic E-state index is 10.9. The zero-order valence-electron chi connectivity index (χ0n) is 10.2. The van der Waals surface area contributed by atoms with E-state index < -0.39 is 0 Å². The fourth-order valence-electron chi connectivity index (χ4n) is 1.57. The van der Waals surface area contributed by atoms with E-state index in [4.69, 9.17) is 0 Å². The summed E-state index contributed by atoms with van der Waals surface area (Å²) in [5, 5.41) is 3.30. The first-order valence-corrected chi connectivity index (χ1v) is 6.45. The maximum atomic E-state index is 10.9. The van der Waals surface area contributed by atoms with Gasteiger partial charge in [0.05, 0.1) is 13.5 Å². The Morgan fingerprint density at radius 3 is 2.65 bits per heavy atom. The zero-order valence-corrected chi connectivity index (χ0v) is 11.8. The molecule has 0 aliphatic rings. The average molecular weight is 300 g/mol. The molecule has 0 heterocycles. The van der Waals surface area contributed by atoms with Crippen LogP contribution in [0.25, 0.3) is 0 Å². The van der Waals surface area contributed by atoms with Gasteiger partial charge in [-0.15, -0.1) is 0 Å². The molecule has 0 spiro atoms. The second-order valence-electron chi connectivity index (χ2n) is 4.01. The van der Waals surface area contributed by atoms with E-state index in [-0.39, 0.29) is 5.97 Å². The van der Waals surface area contributed by atoms with Crippen LogP contribution >= 0.6 is 15.9 Å². The summed E-state index contributed by atoms with van der Waals surface area (Å²) in [6.07, 6.45) is 1.37. The predicted octanol–water partition coefficient (Wildman–Crippen LogP) is 2.53. The number of ether oxygens (including phenoxy) is 1. The molecule has 3 nitrogen and oxygen atoms in total. The molecule has 0 aliphatic carbocycles. The highest BCUT2D eigenvalue weighted by Gasteiger charge is 2.05. The first kappa shape index (κ1) is 14.2. The number of methoxy groups -OCH3 is 1. The normalized spacial score (nSPS) is 12.2. The van der Waals surface area contributed by atoms with Crippen LogP contribution in [0.4, 0.5) is 0 Å². The van der Waals surface area contributed by atoms with Gasteiger partial charge in [-0.1, -0.05) is 28.1 Å². The molecule has 94 valence electrons. The maximum Gasteiger partial charge on any atom is 0.306 e. The molecule has 1 aromatic carbocycles. The van der Waals surface area contributed by atoms with Crippen LogP contribution in [-0.2, 0) is 16.0 Å². The highest BCUT2D eigenvalue weighted by atomic mass is 79.9. The van der Waals surface area contributed by atoms with E-state index in [1.165, 1.54) is 12.7 Å². The van der Waals surface area contributed by atoms with Gasteiger partial charge in [0.1, 0.15) is 0 Å². The van der Waals surface area contributed by atoms with Gasteiger partial charge in [-0.25, -0.2) is 0 Å². The van der Waals surface area contributed by atoms with Gasteiger partial charge in [-0.2, -0.15) is 0 Å². The number of rotatable bonds is 6. The largest absolute Gasteiger partial charge is 0.469 e. The Morgan fingerprint density at radius 1 is 1.41 bits per heavy atom. The molecule has 0 amide bonds. The number of halogens is 1. The number of carbonyl (C=O) groups excluding carboxylic acids is 1. The summed E-state index contributed by atoms with van der Waals surface area (Å²) >= 11 is 3.41. The molecular weight excluding hydrogens is 282 g/mol. The van der Waals surface area contributed by atoms with Crippen LogP contribution in [0.2, 0.25) is 0 Å². The van der Waals surface area contributed by atoms with Crippen molar-refractivity contribution in [3.8, 4) is 0 Å². The third-order valence-corrected chi connectivity index (χ3v) is 3.03. The fraction of sp³-hybridized carbons (Fsp3) is 0.462. The SMILES string of the molecule is COC(=O)CCNC(C)Cc1ccc(Br)cc1. The van der Waals surface area contributed by atoms with E-state index in [1.54, 1.807) is 0 Å². The first-order valence-electron chi connectivity index (χ1n) is 5.66. The lowest BCUT2D eigenvalue weighted by Gasteiger charge is -2.13. The van der Waals surface area contributed by atoms with Crippen LogP contribution in [0.15, 0.2) is 28.7 Å². The number of benzene rings is 1.